The van der Waals surface area contributed by atoms with E-state index in [0.29, 0.717) is 18.5 Å². The van der Waals surface area contributed by atoms with Crippen molar-refractivity contribution < 1.29 is 9.53 Å². The van der Waals surface area contributed by atoms with Gasteiger partial charge in [-0.15, -0.1) is 11.3 Å². The van der Waals surface area contributed by atoms with Crippen molar-refractivity contribution in [1.82, 2.24) is 14.5 Å². The van der Waals surface area contributed by atoms with Crippen LogP contribution in [0.2, 0.25) is 0 Å². The normalized spacial score (nSPS) is 15.0. The standard InChI is InChI=1S/C22H25N3O3S/c1-3-18-12-19-21(29-18)23-14-25(22(19)27)13-20(26)24-9-7-16(8-10-24)28-17-6-4-5-15(2)11-17/h4-6,11-12,14,16H,3,7-10,13H2,1-2H3. The van der Waals surface area contributed by atoms with Gasteiger partial charge in [0.05, 0.1) is 11.7 Å². The van der Waals surface area contributed by atoms with Crippen LogP contribution in [0.5, 0.6) is 5.75 Å². The van der Waals surface area contributed by atoms with E-state index in [1.54, 1.807) is 0 Å². The molecule has 1 saturated heterocycles. The van der Waals surface area contributed by atoms with Gasteiger partial charge in [-0.05, 0) is 37.1 Å². The fourth-order valence-corrected chi connectivity index (χ4v) is 4.57. The highest BCUT2D eigenvalue weighted by Gasteiger charge is 2.24. The van der Waals surface area contributed by atoms with Crippen LogP contribution in [0.15, 0.2) is 41.5 Å². The smallest absolute Gasteiger partial charge is 0.262 e. The first-order valence-corrected chi connectivity index (χ1v) is 10.8. The molecule has 152 valence electrons. The number of rotatable bonds is 5. The zero-order valence-electron chi connectivity index (χ0n) is 16.8. The van der Waals surface area contributed by atoms with E-state index in [4.69, 9.17) is 4.74 Å². The summed E-state index contributed by atoms with van der Waals surface area (Å²) in [5.74, 6) is 0.830. The van der Waals surface area contributed by atoms with Crippen LogP contribution in [0.25, 0.3) is 10.2 Å². The van der Waals surface area contributed by atoms with E-state index in [-0.39, 0.29) is 24.1 Å². The molecule has 4 rings (SSSR count). The minimum Gasteiger partial charge on any atom is -0.490 e. The maximum atomic E-state index is 12.7. The Morgan fingerprint density at radius 2 is 2.07 bits per heavy atom. The van der Waals surface area contributed by atoms with Gasteiger partial charge in [-0.2, -0.15) is 0 Å². The van der Waals surface area contributed by atoms with E-state index in [9.17, 15) is 9.59 Å². The summed E-state index contributed by atoms with van der Waals surface area (Å²) in [6.07, 6.45) is 4.05. The molecular weight excluding hydrogens is 386 g/mol. The van der Waals surface area contributed by atoms with E-state index in [1.165, 1.54) is 27.8 Å². The number of thiophene rings is 1. The first-order chi connectivity index (χ1) is 14.0. The van der Waals surface area contributed by atoms with Gasteiger partial charge in [-0.25, -0.2) is 4.98 Å². The van der Waals surface area contributed by atoms with Crippen LogP contribution in [0, 0.1) is 6.92 Å². The molecule has 1 amide bonds. The Morgan fingerprint density at radius 3 is 2.79 bits per heavy atom. The number of fused-ring (bicyclic) bond motifs is 1. The first-order valence-electron chi connectivity index (χ1n) is 10.0. The molecule has 1 aromatic carbocycles. The van der Waals surface area contributed by atoms with Crippen molar-refractivity contribution >= 4 is 27.5 Å². The molecule has 1 fully saturated rings. The van der Waals surface area contributed by atoms with Gasteiger partial charge in [0.1, 0.15) is 23.2 Å². The third-order valence-electron chi connectivity index (χ3n) is 5.31. The van der Waals surface area contributed by atoms with Crippen LogP contribution in [-0.4, -0.2) is 39.6 Å². The van der Waals surface area contributed by atoms with Gasteiger partial charge in [0.2, 0.25) is 5.91 Å². The van der Waals surface area contributed by atoms with E-state index >= 15 is 0 Å². The number of aromatic nitrogens is 2. The lowest BCUT2D eigenvalue weighted by molar-refractivity contribution is -0.133. The predicted molar refractivity (Wildman–Crippen MR) is 115 cm³/mol. The summed E-state index contributed by atoms with van der Waals surface area (Å²) in [6, 6.07) is 9.92. The summed E-state index contributed by atoms with van der Waals surface area (Å²) in [5, 5.41) is 0.604. The quantitative estimate of drug-likeness (QED) is 0.646. The highest BCUT2D eigenvalue weighted by atomic mass is 32.1. The predicted octanol–water partition coefficient (Wildman–Crippen LogP) is 3.40. The topological polar surface area (TPSA) is 64.4 Å². The molecular formula is C22H25N3O3S. The fourth-order valence-electron chi connectivity index (χ4n) is 3.65. The zero-order valence-corrected chi connectivity index (χ0v) is 17.6. The number of nitrogens with zero attached hydrogens (tertiary/aromatic N) is 3. The van der Waals surface area contributed by atoms with Crippen molar-refractivity contribution in [1.29, 1.82) is 0 Å². The molecule has 29 heavy (non-hydrogen) atoms. The van der Waals surface area contributed by atoms with Gasteiger partial charge < -0.3 is 9.64 Å². The van der Waals surface area contributed by atoms with Gasteiger partial charge in [0.25, 0.3) is 5.56 Å². The monoisotopic (exact) mass is 411 g/mol. The van der Waals surface area contributed by atoms with E-state index in [0.717, 1.165) is 34.7 Å². The Bertz CT molecular complexity index is 1080. The van der Waals surface area contributed by atoms with Gasteiger partial charge in [0.15, 0.2) is 0 Å². The molecule has 0 spiro atoms. The largest absolute Gasteiger partial charge is 0.490 e. The molecule has 2 aromatic heterocycles. The Balaban J connectivity index is 1.37. The number of amides is 1. The highest BCUT2D eigenvalue weighted by Crippen LogP contribution is 2.22. The average Bonchev–Trinajstić information content (AvgIpc) is 3.15. The molecule has 1 aliphatic heterocycles. The number of likely N-dealkylation sites (tertiary alicyclic amines) is 1. The van der Waals surface area contributed by atoms with Crippen molar-refractivity contribution in [3.8, 4) is 5.75 Å². The van der Waals surface area contributed by atoms with Gasteiger partial charge in [-0.1, -0.05) is 19.1 Å². The number of hydrogen-bond acceptors (Lipinski definition) is 5. The van der Waals surface area contributed by atoms with Gasteiger partial charge >= 0.3 is 0 Å². The second kappa shape index (κ2) is 8.37. The summed E-state index contributed by atoms with van der Waals surface area (Å²) >= 11 is 1.54. The van der Waals surface area contributed by atoms with Gasteiger partial charge in [0, 0.05) is 30.8 Å². The number of carbonyl (C=O) groups excluding carboxylic acids is 1. The lowest BCUT2D eigenvalue weighted by Crippen LogP contribution is -2.44. The number of ether oxygens (including phenoxy) is 1. The van der Waals surface area contributed by atoms with Crippen LogP contribution in [0.4, 0.5) is 0 Å². The summed E-state index contributed by atoms with van der Waals surface area (Å²) in [4.78, 5) is 33.5. The Kier molecular flexibility index (Phi) is 5.67. The molecule has 1 aliphatic rings. The molecule has 7 heteroatoms. The number of aryl methyl sites for hydroxylation is 2. The number of hydrogen-bond donors (Lipinski definition) is 0. The molecule has 0 aliphatic carbocycles. The third kappa shape index (κ3) is 4.34. The van der Waals surface area contributed by atoms with Crippen molar-refractivity contribution in [2.24, 2.45) is 0 Å². The molecule has 0 saturated carbocycles. The van der Waals surface area contributed by atoms with Crippen LogP contribution in [-0.2, 0) is 17.8 Å². The fraction of sp³-hybridized carbons (Fsp3) is 0.409. The Hall–Kier alpha value is -2.67. The SMILES string of the molecule is CCc1cc2c(=O)n(CC(=O)N3CCC(Oc4cccc(C)c4)CC3)cnc2s1. The van der Waals surface area contributed by atoms with E-state index < -0.39 is 0 Å². The summed E-state index contributed by atoms with van der Waals surface area (Å²) in [5.41, 5.74) is 1.03. The minimum atomic E-state index is -0.142. The molecule has 0 atom stereocenters. The average molecular weight is 412 g/mol. The zero-order chi connectivity index (χ0) is 20.4. The second-order valence-corrected chi connectivity index (χ2v) is 8.59. The van der Waals surface area contributed by atoms with Crippen molar-refractivity contribution in [2.75, 3.05) is 13.1 Å². The van der Waals surface area contributed by atoms with Crippen molar-refractivity contribution in [3.63, 3.8) is 0 Å². The van der Waals surface area contributed by atoms with Crippen molar-refractivity contribution in [3.05, 3.63) is 57.5 Å². The summed E-state index contributed by atoms with van der Waals surface area (Å²) < 4.78 is 7.48. The number of benzene rings is 1. The third-order valence-corrected chi connectivity index (χ3v) is 6.50. The lowest BCUT2D eigenvalue weighted by atomic mass is 10.1. The minimum absolute atomic E-state index is 0.0302. The summed E-state index contributed by atoms with van der Waals surface area (Å²) in [7, 11) is 0. The number of piperidine rings is 1. The molecule has 6 nitrogen and oxygen atoms in total. The van der Waals surface area contributed by atoms with Crippen molar-refractivity contribution in [2.45, 2.75) is 45.8 Å². The molecule has 0 N–H and O–H groups in total. The van der Waals surface area contributed by atoms with Crippen LogP contribution < -0.4 is 10.3 Å². The maximum Gasteiger partial charge on any atom is 0.262 e. The van der Waals surface area contributed by atoms with Gasteiger partial charge in [-0.3, -0.25) is 14.2 Å². The second-order valence-electron chi connectivity index (χ2n) is 7.48. The summed E-state index contributed by atoms with van der Waals surface area (Å²) in [6.45, 7) is 5.40. The van der Waals surface area contributed by atoms with E-state index in [1.807, 2.05) is 42.2 Å². The Labute approximate surface area is 173 Å². The molecule has 0 bridgehead atoms. The Morgan fingerprint density at radius 1 is 1.28 bits per heavy atom. The first kappa shape index (κ1) is 19.6. The molecule has 3 heterocycles. The van der Waals surface area contributed by atoms with Crippen LogP contribution in [0.3, 0.4) is 0 Å². The molecule has 0 radical (unpaired) electrons. The lowest BCUT2D eigenvalue weighted by Gasteiger charge is -2.32. The maximum absolute atomic E-state index is 12.7. The number of carbonyl (C=O) groups is 1. The highest BCUT2D eigenvalue weighted by molar-refractivity contribution is 7.18. The van der Waals surface area contributed by atoms with E-state index in [2.05, 4.69) is 11.9 Å². The van der Waals surface area contributed by atoms with Crippen LogP contribution >= 0.6 is 11.3 Å². The molecule has 3 aromatic rings. The van der Waals surface area contributed by atoms with Crippen LogP contribution in [0.1, 0.15) is 30.2 Å². The molecule has 0 unspecified atom stereocenters.